The molecule has 1 amide bonds. The van der Waals surface area contributed by atoms with Crippen LogP contribution in [0.4, 0.5) is 13.2 Å². The first-order valence-electron chi connectivity index (χ1n) is 12.2. The van der Waals surface area contributed by atoms with Gasteiger partial charge in [0.2, 0.25) is 0 Å². The van der Waals surface area contributed by atoms with Crippen molar-refractivity contribution in [1.82, 2.24) is 30.0 Å². The molecule has 2 aliphatic rings. The number of alkyl halides is 3. The first-order valence-corrected chi connectivity index (χ1v) is 12.2. The van der Waals surface area contributed by atoms with E-state index in [-0.39, 0.29) is 17.0 Å². The highest BCUT2D eigenvalue weighted by Gasteiger charge is 2.43. The van der Waals surface area contributed by atoms with Crippen LogP contribution >= 0.6 is 0 Å². The maximum atomic E-state index is 13.9. The van der Waals surface area contributed by atoms with E-state index in [1.807, 2.05) is 18.2 Å². The van der Waals surface area contributed by atoms with Crippen LogP contribution in [0.5, 0.6) is 0 Å². The minimum absolute atomic E-state index is 0.000625. The number of amides is 1. The molecule has 3 heterocycles. The molecule has 1 atom stereocenters. The molecule has 10 heteroatoms. The van der Waals surface area contributed by atoms with Crippen molar-refractivity contribution in [2.24, 2.45) is 0 Å². The first-order chi connectivity index (χ1) is 17.9. The molecular formula is C27H23F3N6O. The van der Waals surface area contributed by atoms with Crippen molar-refractivity contribution in [3.05, 3.63) is 89.1 Å². The Morgan fingerprint density at radius 2 is 1.84 bits per heavy atom. The van der Waals surface area contributed by atoms with Crippen LogP contribution in [0.3, 0.4) is 0 Å². The van der Waals surface area contributed by atoms with Crippen molar-refractivity contribution < 1.29 is 18.0 Å². The molecular weight excluding hydrogens is 481 g/mol. The van der Waals surface area contributed by atoms with Crippen LogP contribution in [-0.2, 0) is 12.8 Å². The fourth-order valence-corrected chi connectivity index (χ4v) is 4.91. The summed E-state index contributed by atoms with van der Waals surface area (Å²) in [6.07, 6.45) is 5.29. The Hall–Kier alpha value is -4.08. The minimum atomic E-state index is -4.69. The summed E-state index contributed by atoms with van der Waals surface area (Å²) >= 11 is 0. The second-order valence-corrected chi connectivity index (χ2v) is 9.42. The average molecular weight is 505 g/mol. The van der Waals surface area contributed by atoms with Gasteiger partial charge in [-0.25, -0.2) is 14.6 Å². The number of nitrogens with zero attached hydrogens (tertiary/aromatic N) is 5. The van der Waals surface area contributed by atoms with Crippen molar-refractivity contribution in [3.8, 4) is 17.2 Å². The van der Waals surface area contributed by atoms with Gasteiger partial charge in [0.1, 0.15) is 0 Å². The average Bonchev–Trinajstić information content (AvgIpc) is 3.67. The lowest BCUT2D eigenvalue weighted by atomic mass is 10.0. The normalized spacial score (nSPS) is 15.9. The van der Waals surface area contributed by atoms with Gasteiger partial charge in [0.25, 0.3) is 11.9 Å². The number of halogens is 3. The van der Waals surface area contributed by atoms with E-state index in [1.165, 1.54) is 34.8 Å². The quantitative estimate of drug-likeness (QED) is 0.408. The molecule has 0 spiro atoms. The summed E-state index contributed by atoms with van der Waals surface area (Å²) in [5.74, 6) is -0.545. The predicted octanol–water partition coefficient (Wildman–Crippen LogP) is 5.12. The molecule has 0 unspecified atom stereocenters. The van der Waals surface area contributed by atoms with Crippen LogP contribution in [0.25, 0.3) is 17.2 Å². The monoisotopic (exact) mass is 504 g/mol. The molecule has 0 bridgehead atoms. The van der Waals surface area contributed by atoms with Crippen LogP contribution in [-0.4, -0.2) is 36.8 Å². The van der Waals surface area contributed by atoms with E-state index in [1.54, 1.807) is 6.20 Å². The second kappa shape index (κ2) is 9.10. The molecule has 0 radical (unpaired) electrons. The van der Waals surface area contributed by atoms with Crippen LogP contribution in [0.1, 0.15) is 64.0 Å². The van der Waals surface area contributed by atoms with Crippen molar-refractivity contribution in [2.45, 2.75) is 50.2 Å². The lowest BCUT2D eigenvalue weighted by Gasteiger charge is -2.21. The van der Waals surface area contributed by atoms with Gasteiger partial charge in [0, 0.05) is 35.6 Å². The van der Waals surface area contributed by atoms with E-state index >= 15 is 0 Å². The Morgan fingerprint density at radius 3 is 2.59 bits per heavy atom. The Balaban J connectivity index is 1.38. The van der Waals surface area contributed by atoms with Crippen molar-refractivity contribution >= 4 is 5.91 Å². The van der Waals surface area contributed by atoms with E-state index in [4.69, 9.17) is 4.98 Å². The zero-order valence-electron chi connectivity index (χ0n) is 19.7. The molecule has 6 rings (SSSR count). The van der Waals surface area contributed by atoms with Gasteiger partial charge < -0.3 is 5.32 Å². The van der Waals surface area contributed by atoms with Gasteiger partial charge >= 0.3 is 6.18 Å². The Morgan fingerprint density at radius 1 is 1.03 bits per heavy atom. The summed E-state index contributed by atoms with van der Waals surface area (Å²) in [5.41, 5.74) is 4.61. The number of aromatic nitrogens is 5. The summed E-state index contributed by atoms with van der Waals surface area (Å²) in [6.45, 7) is 0. The Bertz CT molecular complexity index is 1460. The molecule has 1 fully saturated rings. The molecule has 1 N–H and O–H groups in total. The molecule has 0 saturated heterocycles. The summed E-state index contributed by atoms with van der Waals surface area (Å²) in [7, 11) is 0. The van der Waals surface area contributed by atoms with E-state index in [0.717, 1.165) is 55.1 Å². The minimum Gasteiger partial charge on any atom is -0.337 e. The summed E-state index contributed by atoms with van der Waals surface area (Å²) in [6, 6.07) is 8.62. The van der Waals surface area contributed by atoms with Crippen molar-refractivity contribution in [2.75, 3.05) is 0 Å². The third-order valence-electron chi connectivity index (χ3n) is 6.84. The van der Waals surface area contributed by atoms with Gasteiger partial charge in [0.05, 0.1) is 23.1 Å². The second-order valence-electron chi connectivity index (χ2n) is 9.42. The number of nitrogens with one attached hydrogen (secondary N) is 1. The van der Waals surface area contributed by atoms with Gasteiger partial charge in [-0.2, -0.15) is 18.3 Å². The molecule has 1 saturated carbocycles. The number of fused-ring (bicyclic) bond motifs is 3. The number of carbonyl (C=O) groups is 1. The lowest BCUT2D eigenvalue weighted by molar-refractivity contribution is -0.155. The summed E-state index contributed by atoms with van der Waals surface area (Å²) < 4.78 is 43.1. The topological polar surface area (TPSA) is 85.6 Å². The highest BCUT2D eigenvalue weighted by molar-refractivity contribution is 5.96. The largest absolute Gasteiger partial charge is 0.412 e. The van der Waals surface area contributed by atoms with Crippen LogP contribution < -0.4 is 5.32 Å². The summed E-state index contributed by atoms with van der Waals surface area (Å²) in [5, 5.41) is 6.53. The number of rotatable bonds is 5. The molecule has 7 nitrogen and oxygen atoms in total. The fraction of sp³-hybridized carbons (Fsp3) is 0.296. The number of carbonyl (C=O) groups excluding carboxylic acids is 1. The Labute approximate surface area is 210 Å². The third kappa shape index (κ3) is 4.47. The maximum Gasteiger partial charge on any atom is 0.412 e. The maximum absolute atomic E-state index is 13.9. The molecule has 188 valence electrons. The zero-order valence-corrected chi connectivity index (χ0v) is 19.7. The highest BCUT2D eigenvalue weighted by Crippen LogP contribution is 2.43. The SMILES string of the molecule is O=C(N[C@H](c1cccnc1)C(F)(F)F)c1cnn(-c2ncc3c(n2)-c2ccccc2CCC3)c1C1CC1. The van der Waals surface area contributed by atoms with E-state index in [9.17, 15) is 18.0 Å². The molecule has 2 aliphatic carbocycles. The number of aryl methyl sites for hydroxylation is 2. The molecule has 4 aromatic rings. The number of hydrogen-bond acceptors (Lipinski definition) is 5. The smallest absolute Gasteiger partial charge is 0.337 e. The van der Waals surface area contributed by atoms with E-state index in [2.05, 4.69) is 26.4 Å². The number of benzene rings is 1. The lowest BCUT2D eigenvalue weighted by Crippen LogP contribution is -2.38. The first kappa shape index (κ1) is 23.3. The van der Waals surface area contributed by atoms with E-state index in [0.29, 0.717) is 11.6 Å². The van der Waals surface area contributed by atoms with Crippen LogP contribution in [0.15, 0.2) is 61.2 Å². The van der Waals surface area contributed by atoms with Crippen LogP contribution in [0, 0.1) is 0 Å². The number of pyridine rings is 1. The highest BCUT2D eigenvalue weighted by atomic mass is 19.4. The zero-order chi connectivity index (χ0) is 25.6. The molecule has 37 heavy (non-hydrogen) atoms. The van der Waals surface area contributed by atoms with Crippen LogP contribution in [0.2, 0.25) is 0 Å². The van der Waals surface area contributed by atoms with Crippen molar-refractivity contribution in [3.63, 3.8) is 0 Å². The third-order valence-corrected chi connectivity index (χ3v) is 6.84. The Kier molecular flexibility index (Phi) is 5.73. The molecule has 0 aliphatic heterocycles. The van der Waals surface area contributed by atoms with Gasteiger partial charge in [-0.15, -0.1) is 0 Å². The number of hydrogen-bond donors (Lipinski definition) is 1. The fourth-order valence-electron chi connectivity index (χ4n) is 4.91. The summed E-state index contributed by atoms with van der Waals surface area (Å²) in [4.78, 5) is 26.3. The van der Waals surface area contributed by atoms with Gasteiger partial charge in [-0.1, -0.05) is 30.3 Å². The standard InChI is InChI=1S/C27H23F3N6O/c28-27(29,30)24(19-8-4-12-31-13-19)35-25(37)21-15-33-36(23(21)17-10-11-17)26-32-14-18-7-3-6-16-5-1-2-9-20(16)22(18)34-26/h1-2,4-5,8-9,12-15,17,24H,3,6-7,10-11H2,(H,35,37)/t24-/m1/s1. The van der Waals surface area contributed by atoms with Crippen molar-refractivity contribution in [1.29, 1.82) is 0 Å². The molecule has 1 aromatic carbocycles. The predicted molar refractivity (Wildman–Crippen MR) is 129 cm³/mol. The molecule has 3 aromatic heterocycles. The van der Waals surface area contributed by atoms with Gasteiger partial charge in [-0.05, 0) is 49.3 Å². The van der Waals surface area contributed by atoms with Gasteiger partial charge in [0.15, 0.2) is 6.04 Å². The van der Waals surface area contributed by atoms with E-state index < -0.39 is 18.1 Å². The van der Waals surface area contributed by atoms with Gasteiger partial charge in [-0.3, -0.25) is 9.78 Å².